The minimum atomic E-state index is 0.159. The third-order valence-corrected chi connectivity index (χ3v) is 4.07. The number of hydrogen-bond acceptors (Lipinski definition) is 2. The van der Waals surface area contributed by atoms with Crippen LogP contribution in [-0.2, 0) is 12.0 Å². The average Bonchev–Trinajstić information content (AvgIpc) is 2.74. The summed E-state index contributed by atoms with van der Waals surface area (Å²) in [5.74, 6) is 1.56. The molecule has 0 atom stereocenters. The topological polar surface area (TPSA) is 25.2 Å². The van der Waals surface area contributed by atoms with E-state index in [1.165, 1.54) is 22.1 Å². The van der Waals surface area contributed by atoms with E-state index in [4.69, 9.17) is 4.42 Å². The van der Waals surface area contributed by atoms with Crippen molar-refractivity contribution in [1.29, 1.82) is 0 Å². The fourth-order valence-electron chi connectivity index (χ4n) is 2.87. The molecule has 1 aromatic carbocycles. The van der Waals surface area contributed by atoms with Gasteiger partial charge in [0.25, 0.3) is 0 Å². The highest BCUT2D eigenvalue weighted by molar-refractivity contribution is 5.86. The molecule has 0 amide bonds. The molecule has 1 heterocycles. The molecule has 0 aliphatic rings. The van der Waals surface area contributed by atoms with Gasteiger partial charge in [-0.1, -0.05) is 47.6 Å². The van der Waals surface area contributed by atoms with Crippen molar-refractivity contribution in [2.45, 2.75) is 66.3 Å². The Balaban J connectivity index is 2.68. The maximum absolute atomic E-state index is 6.20. The van der Waals surface area contributed by atoms with Crippen LogP contribution < -0.4 is 5.32 Å². The lowest BCUT2D eigenvalue weighted by Gasteiger charge is -2.20. The quantitative estimate of drug-likeness (QED) is 0.828. The molecular formula is C19H29NO. The highest BCUT2D eigenvalue weighted by Crippen LogP contribution is 2.37. The minimum Gasteiger partial charge on any atom is -0.459 e. The van der Waals surface area contributed by atoms with E-state index in [2.05, 4.69) is 65.9 Å². The summed E-state index contributed by atoms with van der Waals surface area (Å²) >= 11 is 0. The van der Waals surface area contributed by atoms with Crippen molar-refractivity contribution >= 4 is 11.0 Å². The van der Waals surface area contributed by atoms with Gasteiger partial charge in [0.15, 0.2) is 0 Å². The number of hydrogen-bond donors (Lipinski definition) is 1. The van der Waals surface area contributed by atoms with Gasteiger partial charge in [-0.25, -0.2) is 0 Å². The van der Waals surface area contributed by atoms with Gasteiger partial charge in [-0.2, -0.15) is 0 Å². The van der Waals surface area contributed by atoms with E-state index in [-0.39, 0.29) is 5.41 Å². The molecule has 21 heavy (non-hydrogen) atoms. The second kappa shape index (κ2) is 5.84. The predicted molar refractivity (Wildman–Crippen MR) is 91.1 cm³/mol. The van der Waals surface area contributed by atoms with Crippen LogP contribution in [-0.4, -0.2) is 6.54 Å². The SMILES string of the molecule is CCNCc1oc2c(C)cc(C(C)(C)C)cc2c1C(C)C. The predicted octanol–water partition coefficient (Wildman–Crippen LogP) is 5.27. The number of nitrogens with one attached hydrogen (secondary N) is 1. The van der Waals surface area contributed by atoms with Crippen LogP contribution in [0.15, 0.2) is 16.5 Å². The fraction of sp³-hybridized carbons (Fsp3) is 0.579. The van der Waals surface area contributed by atoms with Crippen molar-refractivity contribution in [1.82, 2.24) is 5.32 Å². The Morgan fingerprint density at radius 2 is 1.86 bits per heavy atom. The van der Waals surface area contributed by atoms with Crippen molar-refractivity contribution < 1.29 is 4.42 Å². The summed E-state index contributed by atoms with van der Waals surface area (Å²) in [7, 11) is 0. The highest BCUT2D eigenvalue weighted by atomic mass is 16.3. The fourth-order valence-corrected chi connectivity index (χ4v) is 2.87. The number of aryl methyl sites for hydroxylation is 1. The molecule has 0 spiro atoms. The lowest BCUT2D eigenvalue weighted by molar-refractivity contribution is 0.508. The Hall–Kier alpha value is -1.28. The third-order valence-electron chi connectivity index (χ3n) is 4.07. The number of fused-ring (bicyclic) bond motifs is 1. The lowest BCUT2D eigenvalue weighted by Crippen LogP contribution is -2.12. The smallest absolute Gasteiger partial charge is 0.137 e. The summed E-state index contributed by atoms with van der Waals surface area (Å²) in [5, 5.41) is 4.69. The molecule has 0 aliphatic heterocycles. The van der Waals surface area contributed by atoms with Crippen molar-refractivity contribution in [2.75, 3.05) is 6.54 Å². The van der Waals surface area contributed by atoms with Crippen LogP contribution in [0.3, 0.4) is 0 Å². The van der Waals surface area contributed by atoms with Crippen molar-refractivity contribution in [3.05, 3.63) is 34.6 Å². The first-order valence-electron chi connectivity index (χ1n) is 8.02. The van der Waals surface area contributed by atoms with Gasteiger partial charge in [0.1, 0.15) is 11.3 Å². The van der Waals surface area contributed by atoms with E-state index in [0.717, 1.165) is 24.4 Å². The molecule has 2 aromatic rings. The van der Waals surface area contributed by atoms with Crippen molar-refractivity contribution in [3.8, 4) is 0 Å². The minimum absolute atomic E-state index is 0.159. The molecule has 1 aromatic heterocycles. The number of benzene rings is 1. The molecule has 0 aliphatic carbocycles. The number of rotatable bonds is 4. The molecule has 116 valence electrons. The van der Waals surface area contributed by atoms with E-state index >= 15 is 0 Å². The Morgan fingerprint density at radius 1 is 1.19 bits per heavy atom. The maximum atomic E-state index is 6.20. The molecule has 2 heteroatoms. The van der Waals surface area contributed by atoms with Crippen LogP contribution in [0.4, 0.5) is 0 Å². The first-order valence-corrected chi connectivity index (χ1v) is 8.02. The first kappa shape index (κ1) is 16.1. The zero-order valence-electron chi connectivity index (χ0n) is 14.6. The largest absolute Gasteiger partial charge is 0.459 e. The average molecular weight is 287 g/mol. The first-order chi connectivity index (χ1) is 9.75. The van der Waals surface area contributed by atoms with E-state index in [1.807, 2.05) is 0 Å². The molecule has 1 N–H and O–H groups in total. The molecule has 0 fully saturated rings. The molecule has 0 unspecified atom stereocenters. The molecular weight excluding hydrogens is 258 g/mol. The summed E-state index contributed by atoms with van der Waals surface area (Å²) in [6.45, 7) is 17.3. The van der Waals surface area contributed by atoms with Crippen LogP contribution in [0.2, 0.25) is 0 Å². The number of furan rings is 1. The van der Waals surface area contributed by atoms with Gasteiger partial charge in [-0.15, -0.1) is 0 Å². The molecule has 2 nitrogen and oxygen atoms in total. The summed E-state index contributed by atoms with van der Waals surface area (Å²) in [4.78, 5) is 0. The molecule has 0 radical (unpaired) electrons. The molecule has 0 bridgehead atoms. The van der Waals surface area contributed by atoms with Gasteiger partial charge < -0.3 is 9.73 Å². The van der Waals surface area contributed by atoms with Gasteiger partial charge in [0.2, 0.25) is 0 Å². The molecule has 2 rings (SSSR count). The molecule has 0 saturated heterocycles. The van der Waals surface area contributed by atoms with E-state index in [0.29, 0.717) is 5.92 Å². The van der Waals surface area contributed by atoms with Crippen LogP contribution in [0, 0.1) is 6.92 Å². The van der Waals surface area contributed by atoms with Gasteiger partial charge in [-0.05, 0) is 42.0 Å². The zero-order valence-corrected chi connectivity index (χ0v) is 14.6. The standard InChI is InChI=1S/C19H29NO/c1-8-20-11-16-17(12(2)3)15-10-14(19(5,6)7)9-13(4)18(15)21-16/h9-10,12,20H,8,11H2,1-7H3. The van der Waals surface area contributed by atoms with Crippen molar-refractivity contribution in [2.24, 2.45) is 0 Å². The summed E-state index contributed by atoms with van der Waals surface area (Å²) in [6.07, 6.45) is 0. The van der Waals surface area contributed by atoms with Gasteiger partial charge in [0.05, 0.1) is 6.54 Å². The van der Waals surface area contributed by atoms with Gasteiger partial charge in [-0.3, -0.25) is 0 Å². The second-order valence-electron chi connectivity index (χ2n) is 7.29. The highest BCUT2D eigenvalue weighted by Gasteiger charge is 2.22. The van der Waals surface area contributed by atoms with Gasteiger partial charge in [0, 0.05) is 10.9 Å². The maximum Gasteiger partial charge on any atom is 0.137 e. The van der Waals surface area contributed by atoms with Gasteiger partial charge >= 0.3 is 0 Å². The van der Waals surface area contributed by atoms with E-state index in [1.54, 1.807) is 0 Å². The summed E-state index contributed by atoms with van der Waals surface area (Å²) in [6, 6.07) is 4.60. The van der Waals surface area contributed by atoms with E-state index in [9.17, 15) is 0 Å². The van der Waals surface area contributed by atoms with Crippen molar-refractivity contribution in [3.63, 3.8) is 0 Å². The van der Waals surface area contributed by atoms with E-state index < -0.39 is 0 Å². The zero-order chi connectivity index (χ0) is 15.8. The Labute approximate surface area is 128 Å². The van der Waals surface area contributed by atoms with Crippen LogP contribution >= 0.6 is 0 Å². The Kier molecular flexibility index (Phi) is 4.48. The lowest BCUT2D eigenvalue weighted by atomic mass is 9.84. The summed E-state index contributed by atoms with van der Waals surface area (Å²) < 4.78 is 6.20. The molecule has 0 saturated carbocycles. The van der Waals surface area contributed by atoms with Crippen LogP contribution in [0.5, 0.6) is 0 Å². The van der Waals surface area contributed by atoms with Crippen LogP contribution in [0.25, 0.3) is 11.0 Å². The second-order valence-corrected chi connectivity index (χ2v) is 7.29. The monoisotopic (exact) mass is 287 g/mol. The Morgan fingerprint density at radius 3 is 2.38 bits per heavy atom. The Bertz CT molecular complexity index is 629. The third kappa shape index (κ3) is 3.16. The summed E-state index contributed by atoms with van der Waals surface area (Å²) in [5.41, 5.74) is 5.19. The normalized spacial score (nSPS) is 12.6. The van der Waals surface area contributed by atoms with Crippen LogP contribution in [0.1, 0.15) is 69.9 Å².